The lowest BCUT2D eigenvalue weighted by Crippen LogP contribution is -2.48. The Morgan fingerprint density at radius 3 is 2.10 bits per heavy atom. The zero-order valence-electron chi connectivity index (χ0n) is 16.7. The smallest absolute Gasteiger partial charge is 0.315 e. The highest BCUT2D eigenvalue weighted by Gasteiger charge is 2.24. The van der Waals surface area contributed by atoms with Crippen LogP contribution in [-0.4, -0.2) is 64.3 Å². The van der Waals surface area contributed by atoms with Crippen molar-refractivity contribution in [1.29, 1.82) is 0 Å². The van der Waals surface area contributed by atoms with E-state index in [1.54, 1.807) is 12.1 Å². The average Bonchev–Trinajstić information content (AvgIpc) is 2.70. The molecule has 0 unspecified atom stereocenters. The van der Waals surface area contributed by atoms with Crippen molar-refractivity contribution >= 4 is 47.8 Å². The maximum Gasteiger partial charge on any atom is 0.315 e. The standard InChI is InChI=1S/C20H21N3O6.2ClH/c1-13(24)14-2-4-16(5-3-14)22-8-6-21(7-9-22)12-19(26)15-10-17(23(28)29)20(27)18(25)11-15;;/h2-5,10-11,25,27H,6-9,12H2,1H3;2*1H. The fraction of sp³-hybridized carbons (Fsp3) is 0.300. The lowest BCUT2D eigenvalue weighted by Gasteiger charge is -2.35. The minimum atomic E-state index is -0.851. The first-order valence-electron chi connectivity index (χ1n) is 9.08. The predicted octanol–water partition coefficient (Wildman–Crippen LogP) is 3.06. The van der Waals surface area contributed by atoms with Gasteiger partial charge in [-0.15, -0.1) is 24.8 Å². The van der Waals surface area contributed by atoms with Crippen LogP contribution in [0.25, 0.3) is 0 Å². The summed E-state index contributed by atoms with van der Waals surface area (Å²) in [5.74, 6) is -1.90. The summed E-state index contributed by atoms with van der Waals surface area (Å²) in [4.78, 5) is 38.1. The third kappa shape index (κ3) is 6.06. The highest BCUT2D eigenvalue weighted by molar-refractivity contribution is 5.99. The third-order valence-corrected chi connectivity index (χ3v) is 4.97. The van der Waals surface area contributed by atoms with Crippen LogP contribution in [0, 0.1) is 10.1 Å². The number of Topliss-reactive ketones (excluding diaryl/α,β-unsaturated/α-hetero) is 2. The fourth-order valence-corrected chi connectivity index (χ4v) is 3.27. The molecule has 1 saturated heterocycles. The van der Waals surface area contributed by atoms with Crippen LogP contribution in [0.3, 0.4) is 0 Å². The van der Waals surface area contributed by atoms with E-state index >= 15 is 0 Å². The molecule has 9 nitrogen and oxygen atoms in total. The predicted molar refractivity (Wildman–Crippen MR) is 120 cm³/mol. The first-order chi connectivity index (χ1) is 13.8. The number of nitrogens with zero attached hydrogens (tertiary/aromatic N) is 3. The van der Waals surface area contributed by atoms with E-state index in [2.05, 4.69) is 4.90 Å². The van der Waals surface area contributed by atoms with Crippen molar-refractivity contribution in [2.24, 2.45) is 0 Å². The number of nitro groups is 1. The molecule has 1 aliphatic rings. The molecular weight excluding hydrogens is 449 g/mol. The van der Waals surface area contributed by atoms with Gasteiger partial charge in [0.1, 0.15) is 0 Å². The average molecular weight is 472 g/mol. The largest absolute Gasteiger partial charge is 0.504 e. The van der Waals surface area contributed by atoms with Gasteiger partial charge in [0, 0.05) is 49.1 Å². The van der Waals surface area contributed by atoms with Gasteiger partial charge >= 0.3 is 5.69 Å². The molecule has 0 amide bonds. The van der Waals surface area contributed by atoms with Crippen LogP contribution in [-0.2, 0) is 0 Å². The van der Waals surface area contributed by atoms with Crippen molar-refractivity contribution in [3.63, 3.8) is 0 Å². The number of hydrogen-bond donors (Lipinski definition) is 2. The summed E-state index contributed by atoms with van der Waals surface area (Å²) in [7, 11) is 0. The summed E-state index contributed by atoms with van der Waals surface area (Å²) in [5, 5.41) is 30.2. The molecule has 0 radical (unpaired) electrons. The van der Waals surface area contributed by atoms with Gasteiger partial charge in [0.05, 0.1) is 11.5 Å². The first-order valence-corrected chi connectivity index (χ1v) is 9.08. The van der Waals surface area contributed by atoms with E-state index in [-0.39, 0.29) is 48.5 Å². The number of phenolic OH excluding ortho intramolecular Hbond substituents is 2. The van der Waals surface area contributed by atoms with Crippen molar-refractivity contribution < 1.29 is 24.7 Å². The van der Waals surface area contributed by atoms with E-state index in [1.165, 1.54) is 6.92 Å². The summed E-state index contributed by atoms with van der Waals surface area (Å²) in [5.41, 5.74) is 0.936. The van der Waals surface area contributed by atoms with Crippen LogP contribution < -0.4 is 4.90 Å². The van der Waals surface area contributed by atoms with E-state index in [0.29, 0.717) is 31.7 Å². The Labute approximate surface area is 191 Å². The summed E-state index contributed by atoms with van der Waals surface area (Å²) >= 11 is 0. The van der Waals surface area contributed by atoms with Crippen molar-refractivity contribution in [3.8, 4) is 11.5 Å². The Kier molecular flexibility index (Phi) is 9.23. The molecule has 1 heterocycles. The van der Waals surface area contributed by atoms with E-state index in [0.717, 1.165) is 17.8 Å². The summed E-state index contributed by atoms with van der Waals surface area (Å²) in [6, 6.07) is 9.39. The lowest BCUT2D eigenvalue weighted by atomic mass is 10.1. The number of benzene rings is 2. The molecular formula is C20H23Cl2N3O6. The number of halogens is 2. The second kappa shape index (κ2) is 10.9. The molecule has 0 aliphatic carbocycles. The van der Waals surface area contributed by atoms with Gasteiger partial charge in [-0.2, -0.15) is 0 Å². The zero-order valence-corrected chi connectivity index (χ0v) is 18.3. The Morgan fingerprint density at radius 1 is 1.00 bits per heavy atom. The molecule has 1 aliphatic heterocycles. The number of hydrogen-bond acceptors (Lipinski definition) is 8. The van der Waals surface area contributed by atoms with Crippen LogP contribution in [0.4, 0.5) is 11.4 Å². The number of nitro benzene ring substituents is 1. The van der Waals surface area contributed by atoms with Gasteiger partial charge in [0.15, 0.2) is 17.3 Å². The van der Waals surface area contributed by atoms with E-state index in [9.17, 15) is 29.9 Å². The molecule has 0 bridgehead atoms. The van der Waals surface area contributed by atoms with Gasteiger partial charge in [0.25, 0.3) is 0 Å². The van der Waals surface area contributed by atoms with Crippen molar-refractivity contribution in [3.05, 3.63) is 57.6 Å². The van der Waals surface area contributed by atoms with Crippen molar-refractivity contribution in [2.45, 2.75) is 6.92 Å². The van der Waals surface area contributed by atoms with Gasteiger partial charge in [-0.05, 0) is 37.3 Å². The number of anilines is 1. The second-order valence-corrected chi connectivity index (χ2v) is 6.91. The van der Waals surface area contributed by atoms with Crippen molar-refractivity contribution in [2.75, 3.05) is 37.6 Å². The van der Waals surface area contributed by atoms with Crippen LogP contribution in [0.5, 0.6) is 11.5 Å². The highest BCUT2D eigenvalue weighted by Crippen LogP contribution is 2.36. The van der Waals surface area contributed by atoms with Crippen molar-refractivity contribution in [1.82, 2.24) is 4.90 Å². The third-order valence-electron chi connectivity index (χ3n) is 4.97. The summed E-state index contributed by atoms with van der Waals surface area (Å²) in [6.45, 7) is 4.19. The highest BCUT2D eigenvalue weighted by atomic mass is 35.5. The lowest BCUT2D eigenvalue weighted by molar-refractivity contribution is -0.386. The van der Waals surface area contributed by atoms with E-state index in [1.807, 2.05) is 17.0 Å². The minimum Gasteiger partial charge on any atom is -0.504 e. The Hall–Kier alpha value is -2.88. The maximum absolute atomic E-state index is 12.5. The molecule has 2 aromatic carbocycles. The molecule has 0 saturated carbocycles. The van der Waals surface area contributed by atoms with E-state index < -0.39 is 22.1 Å². The molecule has 31 heavy (non-hydrogen) atoms. The van der Waals surface area contributed by atoms with Gasteiger partial charge in [-0.3, -0.25) is 24.6 Å². The molecule has 0 spiro atoms. The van der Waals surface area contributed by atoms with Gasteiger partial charge in [-0.1, -0.05) is 0 Å². The fourth-order valence-electron chi connectivity index (χ4n) is 3.27. The molecule has 0 aromatic heterocycles. The van der Waals surface area contributed by atoms with Gasteiger partial charge in [0.2, 0.25) is 5.75 Å². The minimum absolute atomic E-state index is 0. The number of phenols is 2. The monoisotopic (exact) mass is 471 g/mol. The normalized spacial score (nSPS) is 13.6. The summed E-state index contributed by atoms with van der Waals surface area (Å²) in [6.07, 6.45) is 0. The van der Waals surface area contributed by atoms with Gasteiger partial charge < -0.3 is 15.1 Å². The quantitative estimate of drug-likeness (QED) is 0.285. The van der Waals surface area contributed by atoms with Gasteiger partial charge in [-0.25, -0.2) is 0 Å². The molecule has 3 rings (SSSR count). The number of rotatable bonds is 6. The molecule has 0 atom stereocenters. The topological polar surface area (TPSA) is 124 Å². The zero-order chi connectivity index (χ0) is 21.1. The number of piperazine rings is 1. The van der Waals surface area contributed by atoms with E-state index in [4.69, 9.17) is 0 Å². The van der Waals surface area contributed by atoms with Crippen LogP contribution in [0.15, 0.2) is 36.4 Å². The van der Waals surface area contributed by atoms with Crippen LogP contribution >= 0.6 is 24.8 Å². The molecule has 1 fully saturated rings. The number of carbonyl (C=O) groups is 2. The molecule has 2 aromatic rings. The molecule has 168 valence electrons. The Balaban J connectivity index is 0.00000240. The number of carbonyl (C=O) groups excluding carboxylic acids is 2. The number of aromatic hydroxyl groups is 2. The summed E-state index contributed by atoms with van der Waals surface area (Å²) < 4.78 is 0. The maximum atomic E-state index is 12.5. The number of ketones is 2. The second-order valence-electron chi connectivity index (χ2n) is 6.91. The van der Waals surface area contributed by atoms with Crippen LogP contribution in [0.1, 0.15) is 27.6 Å². The Morgan fingerprint density at radius 2 is 1.58 bits per heavy atom. The first kappa shape index (κ1) is 26.2. The Bertz CT molecular complexity index is 960. The molecule has 2 N–H and O–H groups in total. The SMILES string of the molecule is CC(=O)c1ccc(N2CCN(CC(=O)c3cc(O)c(O)c([N+](=O)[O-])c3)CC2)cc1.Cl.Cl. The molecule has 11 heteroatoms. The van der Waals surface area contributed by atoms with Crippen LogP contribution in [0.2, 0.25) is 0 Å².